The fourth-order valence-corrected chi connectivity index (χ4v) is 1.73. The van der Waals surface area contributed by atoms with Crippen LogP contribution in [0, 0.1) is 0 Å². The molecule has 1 unspecified atom stereocenters. The highest BCUT2D eigenvalue weighted by atomic mass is 14.7. The maximum atomic E-state index is 4.64. The average Bonchev–Trinajstić information content (AvgIpc) is 2.38. The second-order valence-electron chi connectivity index (χ2n) is 4.83. The van der Waals surface area contributed by atoms with Crippen molar-refractivity contribution < 1.29 is 0 Å². The molecule has 2 nitrogen and oxygen atoms in total. The Labute approximate surface area is 113 Å². The van der Waals surface area contributed by atoms with E-state index >= 15 is 0 Å². The van der Waals surface area contributed by atoms with Crippen molar-refractivity contribution >= 4 is 12.4 Å². The minimum Gasteiger partial charge on any atom is -0.296 e. The van der Waals surface area contributed by atoms with Crippen LogP contribution < -0.4 is 0 Å². The molecule has 0 aliphatic rings. The van der Waals surface area contributed by atoms with Crippen molar-refractivity contribution in [3.63, 3.8) is 0 Å². The second kappa shape index (κ2) is 11.2. The smallest absolute Gasteiger partial charge is 0.0468 e. The van der Waals surface area contributed by atoms with Gasteiger partial charge in [-0.05, 0) is 43.8 Å². The van der Waals surface area contributed by atoms with Gasteiger partial charge in [0.15, 0.2) is 0 Å². The average molecular weight is 250 g/mol. The van der Waals surface area contributed by atoms with Gasteiger partial charge in [0.05, 0.1) is 0 Å². The van der Waals surface area contributed by atoms with Crippen molar-refractivity contribution in [1.29, 1.82) is 0 Å². The molecule has 0 aromatic carbocycles. The van der Waals surface area contributed by atoms with Crippen LogP contribution in [0.3, 0.4) is 0 Å². The summed E-state index contributed by atoms with van der Waals surface area (Å²) in [4.78, 5) is 8.82. The Morgan fingerprint density at radius 3 is 2.17 bits per heavy atom. The standard InChI is InChI=1S/C16H30N2/c1-6-9-11-16(13-18-14(4)8-3)15(10-7-2)12-17-5/h12-14H,6-11H2,1-5H3/b16-15-,17-12-,18-13-. The van der Waals surface area contributed by atoms with Crippen molar-refractivity contribution in [3.05, 3.63) is 11.1 Å². The zero-order valence-corrected chi connectivity index (χ0v) is 12.9. The normalized spacial score (nSPS) is 15.4. The lowest BCUT2D eigenvalue weighted by Crippen LogP contribution is -2.00. The third-order valence-electron chi connectivity index (χ3n) is 3.09. The zero-order chi connectivity index (χ0) is 13.8. The summed E-state index contributed by atoms with van der Waals surface area (Å²) in [6.07, 6.45) is 11.0. The highest BCUT2D eigenvalue weighted by molar-refractivity contribution is 5.91. The minimum absolute atomic E-state index is 0.420. The molecular weight excluding hydrogens is 220 g/mol. The minimum atomic E-state index is 0.420. The van der Waals surface area contributed by atoms with Crippen molar-refractivity contribution in [3.8, 4) is 0 Å². The Morgan fingerprint density at radius 2 is 1.67 bits per heavy atom. The Morgan fingerprint density at radius 1 is 1.00 bits per heavy atom. The quantitative estimate of drug-likeness (QED) is 0.523. The van der Waals surface area contributed by atoms with Crippen molar-refractivity contribution in [2.75, 3.05) is 7.05 Å². The molecule has 0 amide bonds. The van der Waals surface area contributed by atoms with Gasteiger partial charge in [0.2, 0.25) is 0 Å². The van der Waals surface area contributed by atoms with Gasteiger partial charge in [-0.15, -0.1) is 0 Å². The van der Waals surface area contributed by atoms with Crippen LogP contribution >= 0.6 is 0 Å². The fourth-order valence-electron chi connectivity index (χ4n) is 1.73. The van der Waals surface area contributed by atoms with Crippen LogP contribution in [-0.2, 0) is 0 Å². The molecule has 0 bridgehead atoms. The summed E-state index contributed by atoms with van der Waals surface area (Å²) >= 11 is 0. The van der Waals surface area contributed by atoms with E-state index in [0.29, 0.717) is 6.04 Å². The molecule has 0 aliphatic carbocycles. The first-order chi connectivity index (χ1) is 8.69. The van der Waals surface area contributed by atoms with Gasteiger partial charge in [-0.25, -0.2) is 0 Å². The zero-order valence-electron chi connectivity index (χ0n) is 12.9. The van der Waals surface area contributed by atoms with E-state index < -0.39 is 0 Å². The van der Waals surface area contributed by atoms with Crippen LogP contribution in [-0.4, -0.2) is 25.5 Å². The van der Waals surface area contributed by atoms with E-state index in [1.165, 1.54) is 24.0 Å². The summed E-state index contributed by atoms with van der Waals surface area (Å²) < 4.78 is 0. The molecule has 0 spiro atoms. The summed E-state index contributed by atoms with van der Waals surface area (Å²) in [5, 5.41) is 0. The van der Waals surface area contributed by atoms with Crippen LogP contribution in [0.15, 0.2) is 21.1 Å². The largest absolute Gasteiger partial charge is 0.296 e. The van der Waals surface area contributed by atoms with Crippen molar-refractivity contribution in [1.82, 2.24) is 0 Å². The molecule has 0 aromatic heterocycles. The van der Waals surface area contributed by atoms with Gasteiger partial charge in [-0.2, -0.15) is 0 Å². The van der Waals surface area contributed by atoms with Crippen molar-refractivity contribution in [2.24, 2.45) is 9.98 Å². The number of rotatable bonds is 9. The van der Waals surface area contributed by atoms with Crippen LogP contribution in [0.4, 0.5) is 0 Å². The lowest BCUT2D eigenvalue weighted by Gasteiger charge is -2.09. The first-order valence-electron chi connectivity index (χ1n) is 7.36. The molecule has 0 saturated heterocycles. The van der Waals surface area contributed by atoms with Crippen LogP contribution in [0.2, 0.25) is 0 Å². The predicted molar refractivity (Wildman–Crippen MR) is 84.1 cm³/mol. The molecule has 2 heteroatoms. The molecular formula is C16H30N2. The van der Waals surface area contributed by atoms with E-state index in [2.05, 4.69) is 43.9 Å². The first kappa shape index (κ1) is 17.1. The first-order valence-corrected chi connectivity index (χ1v) is 7.36. The molecule has 0 saturated carbocycles. The van der Waals surface area contributed by atoms with Gasteiger partial charge < -0.3 is 0 Å². The number of nitrogens with zero attached hydrogens (tertiary/aromatic N) is 2. The molecule has 104 valence electrons. The summed E-state index contributed by atoms with van der Waals surface area (Å²) in [7, 11) is 1.85. The molecule has 0 N–H and O–H groups in total. The highest BCUT2D eigenvalue weighted by Gasteiger charge is 2.03. The Balaban J connectivity index is 5.00. The molecule has 0 radical (unpaired) electrons. The van der Waals surface area contributed by atoms with Crippen LogP contribution in [0.1, 0.15) is 66.2 Å². The molecule has 0 aromatic rings. The Bertz CT molecular complexity index is 287. The number of hydrogen-bond acceptors (Lipinski definition) is 2. The number of allylic oxidation sites excluding steroid dienone is 2. The van der Waals surface area contributed by atoms with E-state index in [9.17, 15) is 0 Å². The van der Waals surface area contributed by atoms with Crippen LogP contribution in [0.5, 0.6) is 0 Å². The maximum absolute atomic E-state index is 4.64. The Kier molecular flexibility index (Phi) is 10.6. The SMILES string of the molecule is CCCCC(/C=N\C(C)CC)=C(/C=N\C)CCC. The molecule has 0 rings (SSSR count). The number of hydrogen-bond donors (Lipinski definition) is 0. The van der Waals surface area contributed by atoms with Crippen LogP contribution in [0.25, 0.3) is 0 Å². The lowest BCUT2D eigenvalue weighted by molar-refractivity contribution is 0.718. The van der Waals surface area contributed by atoms with Gasteiger partial charge in [-0.3, -0.25) is 9.98 Å². The maximum Gasteiger partial charge on any atom is 0.0468 e. The molecule has 0 aliphatic heterocycles. The molecule has 1 atom stereocenters. The second-order valence-corrected chi connectivity index (χ2v) is 4.83. The lowest BCUT2D eigenvalue weighted by atomic mass is 10.0. The van der Waals surface area contributed by atoms with E-state index in [0.717, 1.165) is 25.7 Å². The highest BCUT2D eigenvalue weighted by Crippen LogP contribution is 2.15. The molecule has 0 heterocycles. The van der Waals surface area contributed by atoms with Gasteiger partial charge >= 0.3 is 0 Å². The summed E-state index contributed by atoms with van der Waals surface area (Å²) in [6.45, 7) is 8.79. The van der Waals surface area contributed by atoms with Gasteiger partial charge in [0, 0.05) is 25.5 Å². The topological polar surface area (TPSA) is 24.7 Å². The van der Waals surface area contributed by atoms with Crippen molar-refractivity contribution in [2.45, 2.75) is 72.3 Å². The number of aliphatic imine (C=N–C) groups is 2. The third kappa shape index (κ3) is 7.41. The van der Waals surface area contributed by atoms with Gasteiger partial charge in [0.1, 0.15) is 0 Å². The summed E-state index contributed by atoms with van der Waals surface area (Å²) in [6, 6.07) is 0.420. The predicted octanol–water partition coefficient (Wildman–Crippen LogP) is 4.84. The summed E-state index contributed by atoms with van der Waals surface area (Å²) in [5.74, 6) is 0. The van der Waals surface area contributed by atoms with Gasteiger partial charge in [0.25, 0.3) is 0 Å². The monoisotopic (exact) mass is 250 g/mol. The van der Waals surface area contributed by atoms with E-state index in [-0.39, 0.29) is 0 Å². The summed E-state index contributed by atoms with van der Waals surface area (Å²) in [5.41, 5.74) is 2.74. The fraction of sp³-hybridized carbons (Fsp3) is 0.750. The molecule has 18 heavy (non-hydrogen) atoms. The number of unbranched alkanes of at least 4 members (excludes halogenated alkanes) is 1. The van der Waals surface area contributed by atoms with Gasteiger partial charge in [-0.1, -0.05) is 33.6 Å². The van der Waals surface area contributed by atoms with E-state index in [4.69, 9.17) is 0 Å². The van der Waals surface area contributed by atoms with E-state index in [1.807, 2.05) is 13.3 Å². The third-order valence-corrected chi connectivity index (χ3v) is 3.09. The van der Waals surface area contributed by atoms with E-state index in [1.54, 1.807) is 0 Å². The molecule has 0 fully saturated rings. The Hall–Kier alpha value is -0.920.